The van der Waals surface area contributed by atoms with Gasteiger partial charge in [0.2, 0.25) is 10.0 Å². The van der Waals surface area contributed by atoms with Crippen molar-refractivity contribution < 1.29 is 8.42 Å². The van der Waals surface area contributed by atoms with Crippen molar-refractivity contribution in [2.24, 2.45) is 0 Å². The Morgan fingerprint density at radius 3 is 2.55 bits per heavy atom. The van der Waals surface area contributed by atoms with Crippen LogP contribution in [0.2, 0.25) is 0 Å². The molecule has 0 saturated carbocycles. The smallest absolute Gasteiger partial charge is 0.243 e. The molecule has 1 aliphatic rings. The van der Waals surface area contributed by atoms with E-state index >= 15 is 0 Å². The van der Waals surface area contributed by atoms with E-state index in [2.05, 4.69) is 5.10 Å². The number of aryl methyl sites for hydroxylation is 2. The minimum atomic E-state index is -3.40. The highest BCUT2D eigenvalue weighted by molar-refractivity contribution is 7.89. The van der Waals surface area contributed by atoms with Crippen molar-refractivity contribution in [3.05, 3.63) is 47.8 Å². The summed E-state index contributed by atoms with van der Waals surface area (Å²) in [5, 5.41) is 4.26. The third-order valence-electron chi connectivity index (χ3n) is 4.28. The normalized spacial score (nSPS) is 17.7. The van der Waals surface area contributed by atoms with Crippen LogP contribution >= 0.6 is 0 Å². The van der Waals surface area contributed by atoms with Gasteiger partial charge in [-0.05, 0) is 49.9 Å². The summed E-state index contributed by atoms with van der Waals surface area (Å²) in [6, 6.07) is 7.78. The van der Waals surface area contributed by atoms with Crippen molar-refractivity contribution in [1.82, 2.24) is 14.1 Å². The van der Waals surface area contributed by atoms with Gasteiger partial charge in [0.1, 0.15) is 0 Å². The number of rotatable bonds is 3. The first-order chi connectivity index (χ1) is 10.5. The zero-order valence-electron chi connectivity index (χ0n) is 12.9. The van der Waals surface area contributed by atoms with Crippen LogP contribution in [-0.2, 0) is 10.0 Å². The molecule has 2 heterocycles. The van der Waals surface area contributed by atoms with Crippen molar-refractivity contribution in [2.75, 3.05) is 13.1 Å². The summed E-state index contributed by atoms with van der Waals surface area (Å²) >= 11 is 0. The van der Waals surface area contributed by atoms with E-state index in [0.717, 1.165) is 24.0 Å². The van der Waals surface area contributed by atoms with Crippen LogP contribution in [0.3, 0.4) is 0 Å². The largest absolute Gasteiger partial charge is 0.270 e. The highest BCUT2D eigenvalue weighted by Gasteiger charge is 2.31. The Kier molecular flexibility index (Phi) is 4.06. The van der Waals surface area contributed by atoms with E-state index < -0.39 is 10.0 Å². The fourth-order valence-electron chi connectivity index (χ4n) is 2.97. The number of aromatic nitrogens is 2. The monoisotopic (exact) mass is 319 g/mol. The molecule has 1 aliphatic heterocycles. The lowest BCUT2D eigenvalue weighted by molar-refractivity contribution is 0.261. The van der Waals surface area contributed by atoms with Gasteiger partial charge in [0, 0.05) is 25.5 Å². The molecule has 0 N–H and O–H groups in total. The summed E-state index contributed by atoms with van der Waals surface area (Å²) in [5.41, 5.74) is 1.77. The zero-order valence-corrected chi connectivity index (χ0v) is 13.8. The lowest BCUT2D eigenvalue weighted by Crippen LogP contribution is -2.39. The molecule has 0 bridgehead atoms. The van der Waals surface area contributed by atoms with Gasteiger partial charge >= 0.3 is 0 Å². The Morgan fingerprint density at radius 1 is 1.18 bits per heavy atom. The van der Waals surface area contributed by atoms with Gasteiger partial charge < -0.3 is 0 Å². The van der Waals surface area contributed by atoms with Crippen molar-refractivity contribution in [3.63, 3.8) is 0 Å². The third-order valence-corrected chi connectivity index (χ3v) is 6.32. The maximum atomic E-state index is 12.9. The van der Waals surface area contributed by atoms with Gasteiger partial charge in [-0.25, -0.2) is 8.42 Å². The molecule has 2 aromatic rings. The minimum Gasteiger partial charge on any atom is -0.270 e. The van der Waals surface area contributed by atoms with Gasteiger partial charge in [-0.15, -0.1) is 0 Å². The Hall–Kier alpha value is -1.66. The first-order valence-corrected chi connectivity index (χ1v) is 8.99. The summed E-state index contributed by atoms with van der Waals surface area (Å²) in [5.74, 6) is 0. The highest BCUT2D eigenvalue weighted by Crippen LogP contribution is 2.28. The lowest BCUT2D eigenvalue weighted by Gasteiger charge is -2.31. The van der Waals surface area contributed by atoms with Crippen molar-refractivity contribution in [3.8, 4) is 0 Å². The van der Waals surface area contributed by atoms with Gasteiger partial charge in [0.25, 0.3) is 0 Å². The van der Waals surface area contributed by atoms with Crippen molar-refractivity contribution in [2.45, 2.75) is 37.6 Å². The SMILES string of the molecule is Cc1ccc(C)c(S(=O)(=O)N2CCC(n3cccn3)CC2)c1. The third kappa shape index (κ3) is 2.80. The average molecular weight is 319 g/mol. The summed E-state index contributed by atoms with van der Waals surface area (Å²) in [7, 11) is -3.40. The first kappa shape index (κ1) is 15.2. The number of hydrogen-bond donors (Lipinski definition) is 0. The highest BCUT2D eigenvalue weighted by atomic mass is 32.2. The van der Waals surface area contributed by atoms with Gasteiger partial charge in [-0.1, -0.05) is 12.1 Å². The van der Waals surface area contributed by atoms with E-state index in [9.17, 15) is 8.42 Å². The molecule has 1 aromatic heterocycles. The molecular weight excluding hydrogens is 298 g/mol. The van der Waals surface area contributed by atoms with E-state index in [4.69, 9.17) is 0 Å². The number of piperidine rings is 1. The second-order valence-corrected chi connectivity index (χ2v) is 7.80. The molecule has 6 heteroatoms. The van der Waals surface area contributed by atoms with E-state index in [-0.39, 0.29) is 0 Å². The molecule has 0 atom stereocenters. The quantitative estimate of drug-likeness (QED) is 0.873. The van der Waals surface area contributed by atoms with Gasteiger partial charge in [0.05, 0.1) is 10.9 Å². The Morgan fingerprint density at radius 2 is 1.91 bits per heavy atom. The van der Waals surface area contributed by atoms with E-state index in [0.29, 0.717) is 24.0 Å². The summed E-state index contributed by atoms with van der Waals surface area (Å²) in [6.45, 7) is 4.85. The molecule has 22 heavy (non-hydrogen) atoms. The molecule has 0 unspecified atom stereocenters. The van der Waals surface area contributed by atoms with Crippen LogP contribution in [-0.4, -0.2) is 35.6 Å². The molecule has 0 spiro atoms. The standard InChI is InChI=1S/C16H21N3O2S/c1-13-4-5-14(2)16(12-13)22(20,21)18-10-6-15(7-11-18)19-9-3-8-17-19/h3-5,8-9,12,15H,6-7,10-11H2,1-2H3. The number of sulfonamides is 1. The van der Waals surface area contributed by atoms with Crippen LogP contribution in [0.25, 0.3) is 0 Å². The summed E-state index contributed by atoms with van der Waals surface area (Å²) in [6.07, 6.45) is 5.30. The van der Waals surface area contributed by atoms with Gasteiger partial charge in [-0.2, -0.15) is 9.40 Å². The van der Waals surface area contributed by atoms with Crippen molar-refractivity contribution in [1.29, 1.82) is 0 Å². The van der Waals surface area contributed by atoms with E-state index in [1.807, 2.05) is 42.9 Å². The maximum absolute atomic E-state index is 12.9. The van der Waals surface area contributed by atoms with Crippen molar-refractivity contribution >= 4 is 10.0 Å². The molecule has 3 rings (SSSR count). The molecule has 1 aromatic carbocycles. The molecule has 5 nitrogen and oxygen atoms in total. The second kappa shape index (κ2) is 5.85. The van der Waals surface area contributed by atoms with Gasteiger partial charge in [0.15, 0.2) is 0 Å². The predicted molar refractivity (Wildman–Crippen MR) is 85.2 cm³/mol. The fraction of sp³-hybridized carbons (Fsp3) is 0.438. The Bertz CT molecular complexity index is 746. The Labute approximate surface area is 131 Å². The van der Waals surface area contributed by atoms with Crippen LogP contribution in [0.4, 0.5) is 0 Å². The van der Waals surface area contributed by atoms with Crippen LogP contribution in [0, 0.1) is 13.8 Å². The minimum absolute atomic E-state index is 0.292. The summed E-state index contributed by atoms with van der Waals surface area (Å²) in [4.78, 5) is 0.435. The molecule has 1 saturated heterocycles. The van der Waals surface area contributed by atoms with E-state index in [1.54, 1.807) is 16.6 Å². The van der Waals surface area contributed by atoms with Gasteiger partial charge in [-0.3, -0.25) is 4.68 Å². The predicted octanol–water partition coefficient (Wildman–Crippen LogP) is 2.53. The lowest BCUT2D eigenvalue weighted by atomic mass is 10.1. The van der Waals surface area contributed by atoms with Crippen LogP contribution in [0.1, 0.15) is 30.0 Å². The number of benzene rings is 1. The number of nitrogens with zero attached hydrogens (tertiary/aromatic N) is 3. The molecule has 0 amide bonds. The zero-order chi connectivity index (χ0) is 15.7. The van der Waals surface area contributed by atoms with Crippen LogP contribution in [0.5, 0.6) is 0 Å². The topological polar surface area (TPSA) is 55.2 Å². The van der Waals surface area contributed by atoms with E-state index in [1.165, 1.54) is 0 Å². The first-order valence-electron chi connectivity index (χ1n) is 7.55. The molecular formula is C16H21N3O2S. The Balaban J connectivity index is 1.79. The molecule has 0 radical (unpaired) electrons. The maximum Gasteiger partial charge on any atom is 0.243 e. The molecule has 0 aliphatic carbocycles. The van der Waals surface area contributed by atoms with Crippen LogP contribution in [0.15, 0.2) is 41.6 Å². The average Bonchev–Trinajstić information content (AvgIpc) is 3.04. The van der Waals surface area contributed by atoms with Crippen LogP contribution < -0.4 is 0 Å². The second-order valence-electron chi connectivity index (χ2n) is 5.89. The summed E-state index contributed by atoms with van der Waals surface area (Å²) < 4.78 is 29.3. The molecule has 118 valence electrons. The molecule has 1 fully saturated rings. The fourth-order valence-corrected chi connectivity index (χ4v) is 4.75. The number of hydrogen-bond acceptors (Lipinski definition) is 3.